The first-order valence-corrected chi connectivity index (χ1v) is 4.36. The predicted molar refractivity (Wildman–Crippen MR) is 43.2 cm³/mol. The van der Waals surface area contributed by atoms with Crippen LogP contribution in [0.4, 0.5) is 0 Å². The van der Waals surface area contributed by atoms with Crippen LogP contribution in [0.1, 0.15) is 5.01 Å². The zero-order valence-electron chi connectivity index (χ0n) is 5.50. The molecule has 1 heterocycles. The molecule has 0 saturated heterocycles. The summed E-state index contributed by atoms with van der Waals surface area (Å²) in [6.07, 6.45) is 0.847. The van der Waals surface area contributed by atoms with Crippen molar-refractivity contribution in [2.45, 2.75) is 6.42 Å². The Morgan fingerprint density at radius 3 is 3.00 bits per heavy atom. The zero-order chi connectivity index (χ0) is 7.40. The van der Waals surface area contributed by atoms with E-state index in [-0.39, 0.29) is 0 Å². The summed E-state index contributed by atoms with van der Waals surface area (Å²) in [7, 11) is 1.68. The summed E-state index contributed by atoms with van der Waals surface area (Å²) < 4.78 is 9.51. The standard InChI is InChI=1S/C5H7BrN2OS/c1-9-3-2-4-7-5(6)8-10-4/h2-3H2,1H3. The molecule has 5 heteroatoms. The molecule has 0 unspecified atom stereocenters. The Balaban J connectivity index is 2.42. The monoisotopic (exact) mass is 222 g/mol. The highest BCUT2D eigenvalue weighted by molar-refractivity contribution is 9.10. The maximum atomic E-state index is 4.88. The molecule has 1 aromatic heterocycles. The van der Waals surface area contributed by atoms with E-state index < -0.39 is 0 Å². The van der Waals surface area contributed by atoms with E-state index in [0.717, 1.165) is 11.4 Å². The van der Waals surface area contributed by atoms with Gasteiger partial charge in [-0.1, -0.05) is 0 Å². The first-order chi connectivity index (χ1) is 4.83. The van der Waals surface area contributed by atoms with E-state index in [1.807, 2.05) is 0 Å². The van der Waals surface area contributed by atoms with Crippen molar-refractivity contribution in [3.63, 3.8) is 0 Å². The quantitative estimate of drug-likeness (QED) is 0.778. The molecule has 0 aromatic carbocycles. The SMILES string of the molecule is COCCc1nc(Br)ns1. The Labute approximate surface area is 71.7 Å². The van der Waals surface area contributed by atoms with Gasteiger partial charge in [-0.05, 0) is 27.5 Å². The molecular formula is C5H7BrN2OS. The first kappa shape index (κ1) is 8.10. The summed E-state index contributed by atoms with van der Waals surface area (Å²) in [5.41, 5.74) is 0. The van der Waals surface area contributed by atoms with Gasteiger partial charge in [0.25, 0.3) is 0 Å². The molecular weight excluding hydrogens is 216 g/mol. The third-order valence-corrected chi connectivity index (χ3v) is 2.32. The van der Waals surface area contributed by atoms with Crippen LogP contribution in [0.15, 0.2) is 4.73 Å². The van der Waals surface area contributed by atoms with Gasteiger partial charge in [-0.3, -0.25) is 0 Å². The first-order valence-electron chi connectivity index (χ1n) is 2.80. The average molecular weight is 223 g/mol. The number of hydrogen-bond acceptors (Lipinski definition) is 4. The number of halogens is 1. The Morgan fingerprint density at radius 2 is 2.50 bits per heavy atom. The van der Waals surface area contributed by atoms with Gasteiger partial charge >= 0.3 is 0 Å². The van der Waals surface area contributed by atoms with Gasteiger partial charge in [0.15, 0.2) is 0 Å². The molecule has 56 valence electrons. The van der Waals surface area contributed by atoms with Gasteiger partial charge in [0.2, 0.25) is 4.73 Å². The minimum atomic E-state index is 0.670. The molecule has 0 aliphatic carbocycles. The van der Waals surface area contributed by atoms with E-state index in [0.29, 0.717) is 11.3 Å². The van der Waals surface area contributed by atoms with Crippen LogP contribution in [-0.2, 0) is 11.2 Å². The van der Waals surface area contributed by atoms with Crippen LogP contribution in [0.25, 0.3) is 0 Å². The number of nitrogens with zero attached hydrogens (tertiary/aromatic N) is 2. The van der Waals surface area contributed by atoms with Crippen molar-refractivity contribution >= 4 is 27.5 Å². The summed E-state index contributed by atoms with van der Waals surface area (Å²) in [5.74, 6) is 0. The second-order valence-electron chi connectivity index (χ2n) is 1.70. The fourth-order valence-corrected chi connectivity index (χ4v) is 1.60. The van der Waals surface area contributed by atoms with Gasteiger partial charge < -0.3 is 4.74 Å². The Kier molecular flexibility index (Phi) is 3.24. The van der Waals surface area contributed by atoms with E-state index in [1.54, 1.807) is 7.11 Å². The van der Waals surface area contributed by atoms with Crippen LogP contribution in [0.5, 0.6) is 0 Å². The lowest BCUT2D eigenvalue weighted by Crippen LogP contribution is -1.92. The molecule has 0 fully saturated rings. The molecule has 0 aliphatic heterocycles. The summed E-state index contributed by atoms with van der Waals surface area (Å²) in [6, 6.07) is 0. The smallest absolute Gasteiger partial charge is 0.209 e. The molecule has 0 bridgehead atoms. The van der Waals surface area contributed by atoms with Crippen molar-refractivity contribution < 1.29 is 4.74 Å². The highest BCUT2D eigenvalue weighted by Crippen LogP contribution is 2.09. The molecule has 0 saturated carbocycles. The number of hydrogen-bond donors (Lipinski definition) is 0. The second-order valence-corrected chi connectivity index (χ2v) is 3.25. The van der Waals surface area contributed by atoms with Crippen LogP contribution in [-0.4, -0.2) is 23.1 Å². The molecule has 0 atom stereocenters. The van der Waals surface area contributed by atoms with E-state index >= 15 is 0 Å². The van der Waals surface area contributed by atoms with Crippen LogP contribution in [0, 0.1) is 0 Å². The summed E-state index contributed by atoms with van der Waals surface area (Å²) in [4.78, 5) is 4.09. The maximum Gasteiger partial charge on any atom is 0.209 e. The zero-order valence-corrected chi connectivity index (χ0v) is 7.91. The predicted octanol–water partition coefficient (Wildman–Crippen LogP) is 1.49. The molecule has 3 nitrogen and oxygen atoms in total. The van der Waals surface area contributed by atoms with E-state index in [9.17, 15) is 0 Å². The maximum absolute atomic E-state index is 4.88. The Morgan fingerprint density at radius 1 is 1.70 bits per heavy atom. The highest BCUT2D eigenvalue weighted by atomic mass is 79.9. The summed E-state index contributed by atoms with van der Waals surface area (Å²) in [5, 5.41) is 1.01. The number of methoxy groups -OCH3 is 1. The molecule has 0 amide bonds. The minimum absolute atomic E-state index is 0.670. The minimum Gasteiger partial charge on any atom is -0.384 e. The normalized spacial score (nSPS) is 10.2. The van der Waals surface area contributed by atoms with Crippen molar-refractivity contribution in [3.8, 4) is 0 Å². The van der Waals surface area contributed by atoms with E-state index in [1.165, 1.54) is 11.5 Å². The largest absolute Gasteiger partial charge is 0.384 e. The molecule has 1 aromatic rings. The van der Waals surface area contributed by atoms with Crippen LogP contribution < -0.4 is 0 Å². The van der Waals surface area contributed by atoms with Crippen molar-refractivity contribution in [1.29, 1.82) is 0 Å². The second kappa shape index (κ2) is 4.00. The van der Waals surface area contributed by atoms with E-state index in [4.69, 9.17) is 4.74 Å². The van der Waals surface area contributed by atoms with Gasteiger partial charge in [-0.2, -0.15) is 4.37 Å². The van der Waals surface area contributed by atoms with Gasteiger partial charge in [-0.15, -0.1) is 0 Å². The number of aromatic nitrogens is 2. The highest BCUT2D eigenvalue weighted by Gasteiger charge is 1.98. The Bertz CT molecular complexity index is 203. The van der Waals surface area contributed by atoms with Gasteiger partial charge in [0, 0.05) is 13.5 Å². The van der Waals surface area contributed by atoms with Crippen molar-refractivity contribution in [2.75, 3.05) is 13.7 Å². The van der Waals surface area contributed by atoms with Crippen molar-refractivity contribution in [3.05, 3.63) is 9.74 Å². The topological polar surface area (TPSA) is 35.0 Å². The third kappa shape index (κ3) is 2.32. The average Bonchev–Trinajstić information content (AvgIpc) is 2.31. The lowest BCUT2D eigenvalue weighted by Gasteiger charge is -1.90. The fourth-order valence-electron chi connectivity index (χ4n) is 0.525. The molecule has 0 aliphatic rings. The number of rotatable bonds is 3. The molecule has 0 spiro atoms. The lowest BCUT2D eigenvalue weighted by atomic mass is 10.5. The molecule has 1 rings (SSSR count). The molecule has 0 radical (unpaired) electrons. The number of ether oxygens (including phenoxy) is 1. The van der Waals surface area contributed by atoms with Crippen LogP contribution in [0.2, 0.25) is 0 Å². The molecule has 0 N–H and O–H groups in total. The third-order valence-electron chi connectivity index (χ3n) is 0.963. The van der Waals surface area contributed by atoms with Gasteiger partial charge in [-0.25, -0.2) is 4.98 Å². The lowest BCUT2D eigenvalue weighted by molar-refractivity contribution is 0.202. The van der Waals surface area contributed by atoms with Crippen LogP contribution in [0.3, 0.4) is 0 Å². The Hall–Kier alpha value is -0.0000000000000000278. The van der Waals surface area contributed by atoms with Crippen molar-refractivity contribution in [2.24, 2.45) is 0 Å². The van der Waals surface area contributed by atoms with Crippen molar-refractivity contribution in [1.82, 2.24) is 9.36 Å². The molecule has 10 heavy (non-hydrogen) atoms. The van der Waals surface area contributed by atoms with E-state index in [2.05, 4.69) is 25.3 Å². The fraction of sp³-hybridized carbons (Fsp3) is 0.600. The summed E-state index contributed by atoms with van der Waals surface area (Å²) >= 11 is 4.57. The summed E-state index contributed by atoms with van der Waals surface area (Å²) in [6.45, 7) is 0.710. The van der Waals surface area contributed by atoms with Crippen LogP contribution >= 0.6 is 27.5 Å². The van der Waals surface area contributed by atoms with Gasteiger partial charge in [0.05, 0.1) is 6.61 Å². The van der Waals surface area contributed by atoms with Gasteiger partial charge in [0.1, 0.15) is 5.01 Å².